The quantitative estimate of drug-likeness (QED) is 0.928. The van der Waals surface area contributed by atoms with Crippen LogP contribution in [0.5, 0.6) is 5.75 Å². The predicted molar refractivity (Wildman–Crippen MR) is 79.8 cm³/mol. The monoisotopic (exact) mass is 273 g/mol. The molecule has 1 aromatic heterocycles. The standard InChI is InChI=1S/C16H19NOS/c17-11-16(8-7-14-5-3-9-19-14)10-13-4-1-2-6-15(13)18-12-16/h1-6,9H,7-8,10-12,17H2. The SMILES string of the molecule is NCC1(CCc2cccs2)COc2ccccc2C1. The van der Waals surface area contributed by atoms with Gasteiger partial charge in [-0.15, -0.1) is 11.3 Å². The van der Waals surface area contributed by atoms with Gasteiger partial charge in [0.2, 0.25) is 0 Å². The molecule has 3 heteroatoms. The molecule has 1 aromatic carbocycles. The summed E-state index contributed by atoms with van der Waals surface area (Å²) < 4.78 is 5.92. The number of thiophene rings is 1. The van der Waals surface area contributed by atoms with Gasteiger partial charge in [0.05, 0.1) is 6.61 Å². The third-order valence-electron chi connectivity index (χ3n) is 3.99. The molecule has 1 atom stereocenters. The average Bonchev–Trinajstić information content (AvgIpc) is 2.98. The van der Waals surface area contributed by atoms with Crippen LogP contribution in [-0.4, -0.2) is 13.2 Å². The third kappa shape index (κ3) is 2.67. The Balaban J connectivity index is 1.74. The van der Waals surface area contributed by atoms with Gasteiger partial charge in [0, 0.05) is 16.8 Å². The summed E-state index contributed by atoms with van der Waals surface area (Å²) in [6, 6.07) is 12.6. The maximum Gasteiger partial charge on any atom is 0.122 e. The highest BCUT2D eigenvalue weighted by atomic mass is 32.1. The lowest BCUT2D eigenvalue weighted by molar-refractivity contribution is 0.117. The molecular formula is C16H19NOS. The number of rotatable bonds is 4. The fourth-order valence-corrected chi connectivity index (χ4v) is 3.42. The van der Waals surface area contributed by atoms with Gasteiger partial charge in [-0.3, -0.25) is 0 Å². The summed E-state index contributed by atoms with van der Waals surface area (Å²) in [7, 11) is 0. The van der Waals surface area contributed by atoms with Crippen molar-refractivity contribution in [2.75, 3.05) is 13.2 Å². The Hall–Kier alpha value is -1.32. The van der Waals surface area contributed by atoms with E-state index in [2.05, 4.69) is 35.7 Å². The zero-order valence-electron chi connectivity index (χ0n) is 11.0. The van der Waals surface area contributed by atoms with Gasteiger partial charge in [-0.2, -0.15) is 0 Å². The van der Waals surface area contributed by atoms with Crippen LogP contribution in [0.4, 0.5) is 0 Å². The molecule has 100 valence electrons. The van der Waals surface area contributed by atoms with Crippen molar-refractivity contribution in [3.05, 3.63) is 52.2 Å². The van der Waals surface area contributed by atoms with Crippen LogP contribution in [0.3, 0.4) is 0 Å². The number of hydrogen-bond donors (Lipinski definition) is 1. The van der Waals surface area contributed by atoms with Gasteiger partial charge in [0.1, 0.15) is 5.75 Å². The van der Waals surface area contributed by atoms with Crippen LogP contribution in [0.25, 0.3) is 0 Å². The summed E-state index contributed by atoms with van der Waals surface area (Å²) in [6.45, 7) is 1.43. The maximum atomic E-state index is 6.06. The Bertz CT molecular complexity index is 537. The van der Waals surface area contributed by atoms with Crippen LogP contribution >= 0.6 is 11.3 Å². The third-order valence-corrected chi connectivity index (χ3v) is 4.92. The summed E-state index contributed by atoms with van der Waals surface area (Å²) in [6.07, 6.45) is 3.23. The lowest BCUT2D eigenvalue weighted by Gasteiger charge is -2.37. The molecule has 0 spiro atoms. The predicted octanol–water partition coefficient (Wildman–Crippen LogP) is 3.26. The van der Waals surface area contributed by atoms with Crippen LogP contribution in [0.2, 0.25) is 0 Å². The number of aryl methyl sites for hydroxylation is 1. The molecule has 3 rings (SSSR count). The zero-order chi connectivity index (χ0) is 13.1. The molecule has 0 fully saturated rings. The van der Waals surface area contributed by atoms with E-state index in [1.54, 1.807) is 0 Å². The van der Waals surface area contributed by atoms with Crippen LogP contribution in [0.15, 0.2) is 41.8 Å². The van der Waals surface area contributed by atoms with Gasteiger partial charge >= 0.3 is 0 Å². The molecule has 0 saturated carbocycles. The number of nitrogens with two attached hydrogens (primary N) is 1. The van der Waals surface area contributed by atoms with E-state index in [-0.39, 0.29) is 5.41 Å². The molecule has 1 unspecified atom stereocenters. The molecule has 0 radical (unpaired) electrons. The minimum absolute atomic E-state index is 0.0956. The Morgan fingerprint density at radius 1 is 1.21 bits per heavy atom. The summed E-state index contributed by atoms with van der Waals surface area (Å²) >= 11 is 1.82. The molecule has 2 heterocycles. The van der Waals surface area contributed by atoms with Gasteiger partial charge in [-0.1, -0.05) is 24.3 Å². The second-order valence-corrected chi connectivity index (χ2v) is 6.39. The first-order valence-electron chi connectivity index (χ1n) is 6.74. The van der Waals surface area contributed by atoms with Crippen molar-refractivity contribution in [3.63, 3.8) is 0 Å². The molecule has 2 nitrogen and oxygen atoms in total. The van der Waals surface area contributed by atoms with Gasteiger partial charge in [-0.25, -0.2) is 0 Å². The van der Waals surface area contributed by atoms with Gasteiger partial charge < -0.3 is 10.5 Å². The van der Waals surface area contributed by atoms with Crippen LogP contribution in [0.1, 0.15) is 16.9 Å². The van der Waals surface area contributed by atoms with Crippen molar-refractivity contribution in [3.8, 4) is 5.75 Å². The van der Waals surface area contributed by atoms with Crippen molar-refractivity contribution in [2.24, 2.45) is 11.1 Å². The smallest absolute Gasteiger partial charge is 0.122 e. The fourth-order valence-electron chi connectivity index (χ4n) is 2.71. The van der Waals surface area contributed by atoms with E-state index in [1.807, 2.05) is 17.4 Å². The topological polar surface area (TPSA) is 35.2 Å². The highest BCUT2D eigenvalue weighted by Crippen LogP contribution is 2.37. The van der Waals surface area contributed by atoms with Crippen molar-refractivity contribution in [1.29, 1.82) is 0 Å². The second-order valence-electron chi connectivity index (χ2n) is 5.36. The van der Waals surface area contributed by atoms with Crippen LogP contribution in [-0.2, 0) is 12.8 Å². The zero-order valence-corrected chi connectivity index (χ0v) is 11.8. The number of para-hydroxylation sites is 1. The Morgan fingerprint density at radius 3 is 2.89 bits per heavy atom. The van der Waals surface area contributed by atoms with Gasteiger partial charge in [0.15, 0.2) is 0 Å². The minimum atomic E-state index is 0.0956. The number of benzene rings is 1. The van der Waals surface area contributed by atoms with Crippen LogP contribution in [0, 0.1) is 5.41 Å². The van der Waals surface area contributed by atoms with E-state index >= 15 is 0 Å². The first kappa shape index (κ1) is 12.7. The highest BCUT2D eigenvalue weighted by Gasteiger charge is 2.34. The molecule has 2 N–H and O–H groups in total. The van der Waals surface area contributed by atoms with E-state index in [0.717, 1.165) is 31.6 Å². The Kier molecular flexibility index (Phi) is 3.58. The van der Waals surface area contributed by atoms with Crippen molar-refractivity contribution < 1.29 is 4.74 Å². The first-order chi connectivity index (χ1) is 9.31. The first-order valence-corrected chi connectivity index (χ1v) is 7.62. The normalized spacial score (nSPS) is 21.7. The molecule has 0 amide bonds. The molecule has 1 aliphatic heterocycles. The molecule has 2 aromatic rings. The number of hydrogen-bond acceptors (Lipinski definition) is 3. The van der Waals surface area contributed by atoms with E-state index in [0.29, 0.717) is 6.54 Å². The molecular weight excluding hydrogens is 254 g/mol. The number of fused-ring (bicyclic) bond motifs is 1. The maximum absolute atomic E-state index is 6.06. The Morgan fingerprint density at radius 2 is 2.11 bits per heavy atom. The number of ether oxygens (including phenoxy) is 1. The molecule has 1 aliphatic rings. The van der Waals surface area contributed by atoms with Crippen LogP contribution < -0.4 is 10.5 Å². The van der Waals surface area contributed by atoms with E-state index in [9.17, 15) is 0 Å². The fraction of sp³-hybridized carbons (Fsp3) is 0.375. The molecule has 0 bridgehead atoms. The van der Waals surface area contributed by atoms with E-state index < -0.39 is 0 Å². The summed E-state index contributed by atoms with van der Waals surface area (Å²) in [5.41, 5.74) is 7.45. The summed E-state index contributed by atoms with van der Waals surface area (Å²) in [4.78, 5) is 1.44. The highest BCUT2D eigenvalue weighted by molar-refractivity contribution is 7.09. The lowest BCUT2D eigenvalue weighted by atomic mass is 9.76. The summed E-state index contributed by atoms with van der Waals surface area (Å²) in [5, 5.41) is 2.14. The average molecular weight is 273 g/mol. The minimum Gasteiger partial charge on any atom is -0.493 e. The largest absolute Gasteiger partial charge is 0.493 e. The summed E-state index contributed by atoms with van der Waals surface area (Å²) in [5.74, 6) is 1.03. The van der Waals surface area contributed by atoms with Gasteiger partial charge in [0.25, 0.3) is 0 Å². The molecule has 19 heavy (non-hydrogen) atoms. The second kappa shape index (κ2) is 5.35. The van der Waals surface area contributed by atoms with Gasteiger partial charge in [-0.05, 0) is 42.3 Å². The van der Waals surface area contributed by atoms with E-state index in [1.165, 1.54) is 10.4 Å². The molecule has 0 saturated heterocycles. The van der Waals surface area contributed by atoms with Crippen molar-refractivity contribution in [2.45, 2.75) is 19.3 Å². The lowest BCUT2D eigenvalue weighted by Crippen LogP contribution is -2.41. The van der Waals surface area contributed by atoms with E-state index in [4.69, 9.17) is 10.5 Å². The van der Waals surface area contributed by atoms with Crippen molar-refractivity contribution in [1.82, 2.24) is 0 Å². The Labute approximate surface area is 118 Å². The van der Waals surface area contributed by atoms with Crippen molar-refractivity contribution >= 4 is 11.3 Å². The molecule has 0 aliphatic carbocycles.